The first-order valence-corrected chi connectivity index (χ1v) is 6.83. The van der Waals surface area contributed by atoms with Gasteiger partial charge in [-0.15, -0.1) is 0 Å². The lowest BCUT2D eigenvalue weighted by molar-refractivity contribution is -0.122. The van der Waals surface area contributed by atoms with Crippen LogP contribution in [0.5, 0.6) is 0 Å². The molecule has 1 rings (SSSR count). The standard InChI is InChI=1S/C11H18N2OS/c1-15-8-5-10(14)13-11(9-12)6-3-2-4-7-11/h2-8H2,1H3,(H,13,14). The molecule has 84 valence electrons. The molecule has 0 atom stereocenters. The minimum Gasteiger partial charge on any atom is -0.338 e. The van der Waals surface area contributed by atoms with E-state index in [1.165, 1.54) is 6.42 Å². The van der Waals surface area contributed by atoms with Crippen LogP contribution in [-0.2, 0) is 4.79 Å². The second-order valence-corrected chi connectivity index (χ2v) is 5.03. The van der Waals surface area contributed by atoms with Crippen molar-refractivity contribution in [3.63, 3.8) is 0 Å². The first kappa shape index (κ1) is 12.4. The van der Waals surface area contributed by atoms with E-state index in [1.54, 1.807) is 11.8 Å². The van der Waals surface area contributed by atoms with Crippen LogP contribution in [0.2, 0.25) is 0 Å². The molecule has 1 amide bonds. The Kier molecular flexibility index (Phi) is 4.97. The zero-order valence-electron chi connectivity index (χ0n) is 9.21. The maximum absolute atomic E-state index is 11.6. The Morgan fingerprint density at radius 1 is 1.47 bits per heavy atom. The molecule has 1 saturated carbocycles. The summed E-state index contributed by atoms with van der Waals surface area (Å²) >= 11 is 1.65. The fourth-order valence-electron chi connectivity index (χ4n) is 1.94. The molecule has 1 aliphatic carbocycles. The second kappa shape index (κ2) is 6.02. The van der Waals surface area contributed by atoms with Crippen molar-refractivity contribution in [3.8, 4) is 6.07 Å². The normalized spacial score (nSPS) is 19.2. The fraction of sp³-hybridized carbons (Fsp3) is 0.818. The van der Waals surface area contributed by atoms with Gasteiger partial charge in [-0.3, -0.25) is 4.79 Å². The minimum absolute atomic E-state index is 0.0211. The van der Waals surface area contributed by atoms with Crippen molar-refractivity contribution < 1.29 is 4.79 Å². The van der Waals surface area contributed by atoms with E-state index in [4.69, 9.17) is 5.26 Å². The number of hydrogen-bond donors (Lipinski definition) is 1. The molecule has 0 radical (unpaired) electrons. The lowest BCUT2D eigenvalue weighted by Crippen LogP contribution is -2.48. The Balaban J connectivity index is 2.45. The number of nitriles is 1. The van der Waals surface area contributed by atoms with Gasteiger partial charge in [-0.25, -0.2) is 0 Å². The smallest absolute Gasteiger partial charge is 0.222 e. The molecular weight excluding hydrogens is 208 g/mol. The Hall–Kier alpha value is -0.690. The predicted octanol–water partition coefficient (Wildman–Crippen LogP) is 2.08. The van der Waals surface area contributed by atoms with Crippen LogP contribution in [-0.4, -0.2) is 23.5 Å². The van der Waals surface area contributed by atoms with Crippen molar-refractivity contribution in [3.05, 3.63) is 0 Å². The van der Waals surface area contributed by atoms with Crippen LogP contribution in [0.25, 0.3) is 0 Å². The first-order chi connectivity index (χ1) is 7.22. The molecule has 3 nitrogen and oxygen atoms in total. The molecule has 0 unspecified atom stereocenters. The molecule has 4 heteroatoms. The van der Waals surface area contributed by atoms with Crippen LogP contribution < -0.4 is 5.32 Å². The highest BCUT2D eigenvalue weighted by atomic mass is 32.2. The maximum atomic E-state index is 11.6. The number of hydrogen-bond acceptors (Lipinski definition) is 3. The number of nitrogens with zero attached hydrogens (tertiary/aromatic N) is 1. The van der Waals surface area contributed by atoms with Crippen molar-refractivity contribution in [2.75, 3.05) is 12.0 Å². The molecule has 1 fully saturated rings. The van der Waals surface area contributed by atoms with Gasteiger partial charge in [-0.1, -0.05) is 19.3 Å². The predicted molar refractivity (Wildman–Crippen MR) is 62.6 cm³/mol. The molecule has 15 heavy (non-hydrogen) atoms. The molecule has 1 aliphatic rings. The van der Waals surface area contributed by atoms with Crippen LogP contribution in [0.3, 0.4) is 0 Å². The van der Waals surface area contributed by atoms with Crippen molar-refractivity contribution in [1.82, 2.24) is 5.32 Å². The summed E-state index contributed by atoms with van der Waals surface area (Å²) in [6, 6.07) is 2.29. The van der Waals surface area contributed by atoms with Gasteiger partial charge in [0.15, 0.2) is 0 Å². The van der Waals surface area contributed by atoms with E-state index >= 15 is 0 Å². The maximum Gasteiger partial charge on any atom is 0.222 e. The van der Waals surface area contributed by atoms with Crippen molar-refractivity contribution in [2.45, 2.75) is 44.1 Å². The van der Waals surface area contributed by atoms with Crippen LogP contribution in [0, 0.1) is 11.3 Å². The summed E-state index contributed by atoms with van der Waals surface area (Å²) in [4.78, 5) is 11.6. The Morgan fingerprint density at radius 2 is 2.13 bits per heavy atom. The van der Waals surface area contributed by atoms with Gasteiger partial charge in [-0.2, -0.15) is 17.0 Å². The van der Waals surface area contributed by atoms with Gasteiger partial charge >= 0.3 is 0 Å². The lowest BCUT2D eigenvalue weighted by Gasteiger charge is -2.31. The molecule has 1 N–H and O–H groups in total. The molecule has 0 aromatic heterocycles. The highest BCUT2D eigenvalue weighted by Crippen LogP contribution is 2.27. The van der Waals surface area contributed by atoms with E-state index in [9.17, 15) is 4.79 Å². The summed E-state index contributed by atoms with van der Waals surface area (Å²) in [5, 5.41) is 12.0. The third-order valence-corrected chi connectivity index (χ3v) is 3.45. The largest absolute Gasteiger partial charge is 0.338 e. The summed E-state index contributed by atoms with van der Waals surface area (Å²) < 4.78 is 0. The highest BCUT2D eigenvalue weighted by molar-refractivity contribution is 7.98. The Labute approximate surface area is 95.6 Å². The number of amides is 1. The van der Waals surface area contributed by atoms with Crippen LogP contribution >= 0.6 is 11.8 Å². The number of nitrogens with one attached hydrogen (secondary N) is 1. The minimum atomic E-state index is -0.562. The summed E-state index contributed by atoms with van der Waals surface area (Å²) in [7, 11) is 0. The van der Waals surface area contributed by atoms with Gasteiger partial charge in [0.25, 0.3) is 0 Å². The SMILES string of the molecule is CSCCC(=O)NC1(C#N)CCCCC1. The lowest BCUT2D eigenvalue weighted by atomic mass is 9.83. The molecular formula is C11H18N2OS. The fourth-order valence-corrected chi connectivity index (χ4v) is 2.33. The third-order valence-electron chi connectivity index (χ3n) is 2.83. The van der Waals surface area contributed by atoms with E-state index in [1.807, 2.05) is 6.26 Å². The van der Waals surface area contributed by atoms with E-state index in [2.05, 4.69) is 11.4 Å². The number of carbonyl (C=O) groups is 1. The highest BCUT2D eigenvalue weighted by Gasteiger charge is 2.33. The van der Waals surface area contributed by atoms with Crippen molar-refractivity contribution in [1.29, 1.82) is 5.26 Å². The molecule has 0 aromatic rings. The van der Waals surface area contributed by atoms with Gasteiger partial charge in [0.1, 0.15) is 5.54 Å². The first-order valence-electron chi connectivity index (χ1n) is 5.44. The van der Waals surface area contributed by atoms with Crippen molar-refractivity contribution in [2.24, 2.45) is 0 Å². The quantitative estimate of drug-likeness (QED) is 0.798. The van der Waals surface area contributed by atoms with Gasteiger partial charge < -0.3 is 5.32 Å². The Morgan fingerprint density at radius 3 is 2.67 bits per heavy atom. The van der Waals surface area contributed by atoms with Gasteiger partial charge in [0.2, 0.25) is 5.91 Å². The summed E-state index contributed by atoms with van der Waals surface area (Å²) in [6.45, 7) is 0. The molecule has 0 aliphatic heterocycles. The second-order valence-electron chi connectivity index (χ2n) is 4.05. The zero-order valence-corrected chi connectivity index (χ0v) is 10.0. The number of thioether (sulfide) groups is 1. The van der Waals surface area contributed by atoms with E-state index in [0.717, 1.165) is 31.4 Å². The van der Waals surface area contributed by atoms with Crippen LogP contribution in [0.1, 0.15) is 38.5 Å². The Bertz CT molecular complexity index is 254. The number of rotatable bonds is 4. The van der Waals surface area contributed by atoms with Crippen LogP contribution in [0.15, 0.2) is 0 Å². The third kappa shape index (κ3) is 3.75. The van der Waals surface area contributed by atoms with Crippen LogP contribution in [0.4, 0.5) is 0 Å². The average molecular weight is 226 g/mol. The molecule has 0 saturated heterocycles. The average Bonchev–Trinajstić information content (AvgIpc) is 2.27. The summed E-state index contributed by atoms with van der Waals surface area (Å²) in [5.41, 5.74) is -0.562. The molecule has 0 bridgehead atoms. The van der Waals surface area contributed by atoms with Gasteiger partial charge in [0, 0.05) is 12.2 Å². The van der Waals surface area contributed by atoms with Gasteiger partial charge in [0.05, 0.1) is 6.07 Å². The number of carbonyl (C=O) groups excluding carboxylic acids is 1. The topological polar surface area (TPSA) is 52.9 Å². The molecule has 0 aromatic carbocycles. The summed E-state index contributed by atoms with van der Waals surface area (Å²) in [6.07, 6.45) is 7.42. The molecule has 0 spiro atoms. The van der Waals surface area contributed by atoms with E-state index in [0.29, 0.717) is 6.42 Å². The zero-order chi connectivity index (χ0) is 11.1. The van der Waals surface area contributed by atoms with E-state index in [-0.39, 0.29) is 5.91 Å². The monoisotopic (exact) mass is 226 g/mol. The van der Waals surface area contributed by atoms with Crippen molar-refractivity contribution >= 4 is 17.7 Å². The summed E-state index contributed by atoms with van der Waals surface area (Å²) in [5.74, 6) is 0.848. The molecule has 0 heterocycles. The van der Waals surface area contributed by atoms with E-state index < -0.39 is 5.54 Å². The van der Waals surface area contributed by atoms with Gasteiger partial charge in [-0.05, 0) is 19.1 Å².